The quantitative estimate of drug-likeness (QED) is 0.768. The van der Waals surface area contributed by atoms with Crippen LogP contribution in [0.25, 0.3) is 0 Å². The van der Waals surface area contributed by atoms with Crippen molar-refractivity contribution in [3.63, 3.8) is 0 Å². The number of nitrogens with zero attached hydrogens (tertiary/aromatic N) is 1. The second-order valence-corrected chi connectivity index (χ2v) is 4.78. The summed E-state index contributed by atoms with van der Waals surface area (Å²) in [6, 6.07) is 6.13. The molecule has 4 amide bonds. The summed E-state index contributed by atoms with van der Waals surface area (Å²) in [6.07, 6.45) is 0.712. The number of benzene rings is 1. The molecule has 1 aromatic rings. The van der Waals surface area contributed by atoms with E-state index in [4.69, 9.17) is 5.11 Å². The first-order valence-electron chi connectivity index (χ1n) is 6.69. The molecule has 0 atom stereocenters. The lowest BCUT2D eigenvalue weighted by Crippen LogP contribution is -2.52. The molecule has 0 bridgehead atoms. The number of hydrogen-bond acceptors (Lipinski definition) is 3. The predicted molar refractivity (Wildman–Crippen MR) is 74.7 cm³/mol. The maximum atomic E-state index is 11.9. The maximum Gasteiger partial charge on any atom is 0.325 e. The van der Waals surface area contributed by atoms with Crippen LogP contribution in [-0.4, -0.2) is 41.1 Å². The van der Waals surface area contributed by atoms with E-state index < -0.39 is 12.0 Å². The van der Waals surface area contributed by atoms with Gasteiger partial charge < -0.3 is 15.7 Å². The molecule has 112 valence electrons. The highest BCUT2D eigenvalue weighted by Crippen LogP contribution is 2.06. The van der Waals surface area contributed by atoms with Gasteiger partial charge in [-0.1, -0.05) is 24.3 Å². The van der Waals surface area contributed by atoms with Gasteiger partial charge in [0.15, 0.2) is 0 Å². The molecule has 1 aromatic carbocycles. The van der Waals surface area contributed by atoms with Gasteiger partial charge in [-0.25, -0.2) is 14.5 Å². The second kappa shape index (κ2) is 6.74. The third kappa shape index (κ3) is 4.20. The van der Waals surface area contributed by atoms with Crippen molar-refractivity contribution < 1.29 is 19.5 Å². The average molecular weight is 291 g/mol. The summed E-state index contributed by atoms with van der Waals surface area (Å²) in [5, 5.41) is 14.0. The molecule has 0 saturated carbocycles. The van der Waals surface area contributed by atoms with Crippen molar-refractivity contribution in [1.29, 1.82) is 0 Å². The van der Waals surface area contributed by atoms with Crippen LogP contribution < -0.4 is 10.6 Å². The van der Waals surface area contributed by atoms with Crippen molar-refractivity contribution in [1.82, 2.24) is 15.5 Å². The molecule has 3 N–H and O–H groups in total. The van der Waals surface area contributed by atoms with Crippen molar-refractivity contribution in [2.24, 2.45) is 0 Å². The minimum absolute atomic E-state index is 0.0272. The minimum atomic E-state index is -0.882. The summed E-state index contributed by atoms with van der Waals surface area (Å²) < 4.78 is 0. The molecule has 7 nitrogen and oxygen atoms in total. The van der Waals surface area contributed by atoms with Crippen LogP contribution in [0.3, 0.4) is 0 Å². The first kappa shape index (κ1) is 14.8. The van der Waals surface area contributed by atoms with E-state index in [1.165, 1.54) is 0 Å². The summed E-state index contributed by atoms with van der Waals surface area (Å²) >= 11 is 0. The zero-order valence-corrected chi connectivity index (χ0v) is 11.5. The Morgan fingerprint density at radius 3 is 2.52 bits per heavy atom. The third-order valence-electron chi connectivity index (χ3n) is 3.15. The number of aliphatic carboxylic acids is 1. The summed E-state index contributed by atoms with van der Waals surface area (Å²) in [4.78, 5) is 35.1. The van der Waals surface area contributed by atoms with Gasteiger partial charge in [-0.2, -0.15) is 0 Å². The molecule has 0 unspecified atom stereocenters. The number of nitrogens with one attached hydrogen (secondary N) is 2. The molecule has 1 fully saturated rings. The molecule has 0 radical (unpaired) electrons. The van der Waals surface area contributed by atoms with E-state index in [0.29, 0.717) is 18.7 Å². The molecule has 1 aliphatic heterocycles. The zero-order valence-electron chi connectivity index (χ0n) is 11.5. The van der Waals surface area contributed by atoms with Gasteiger partial charge in [0.1, 0.15) is 0 Å². The van der Waals surface area contributed by atoms with Gasteiger partial charge in [0.2, 0.25) is 0 Å². The van der Waals surface area contributed by atoms with E-state index >= 15 is 0 Å². The van der Waals surface area contributed by atoms with Gasteiger partial charge in [0.25, 0.3) is 0 Å². The Labute approximate surface area is 121 Å². The molecule has 1 saturated heterocycles. The number of carboxylic acids is 1. The van der Waals surface area contributed by atoms with E-state index in [9.17, 15) is 14.4 Å². The Bertz CT molecular complexity index is 542. The Morgan fingerprint density at radius 2 is 1.90 bits per heavy atom. The van der Waals surface area contributed by atoms with Crippen LogP contribution >= 0.6 is 0 Å². The topological polar surface area (TPSA) is 98.7 Å². The van der Waals surface area contributed by atoms with E-state index in [2.05, 4.69) is 10.6 Å². The molecule has 0 aromatic heterocycles. The number of hydrogen-bond donors (Lipinski definition) is 3. The number of amides is 4. The molecule has 2 rings (SSSR count). The van der Waals surface area contributed by atoms with Crippen molar-refractivity contribution in [3.8, 4) is 0 Å². The second-order valence-electron chi connectivity index (χ2n) is 4.78. The monoisotopic (exact) mass is 291 g/mol. The van der Waals surface area contributed by atoms with Crippen LogP contribution in [0.1, 0.15) is 17.5 Å². The normalized spacial score (nSPS) is 14.5. The number of carbonyl (C=O) groups is 3. The Kier molecular flexibility index (Phi) is 4.76. The van der Waals surface area contributed by atoms with Crippen LogP contribution in [0.2, 0.25) is 0 Å². The highest BCUT2D eigenvalue weighted by Gasteiger charge is 2.23. The van der Waals surface area contributed by atoms with Crippen molar-refractivity contribution in [2.45, 2.75) is 19.4 Å². The molecule has 1 heterocycles. The summed E-state index contributed by atoms with van der Waals surface area (Å²) in [5.74, 6) is -0.882. The largest absolute Gasteiger partial charge is 0.481 e. The molecule has 0 spiro atoms. The maximum absolute atomic E-state index is 11.9. The molecule has 0 aliphatic carbocycles. The van der Waals surface area contributed by atoms with Crippen LogP contribution in [0.15, 0.2) is 24.3 Å². The first-order valence-corrected chi connectivity index (χ1v) is 6.69. The van der Waals surface area contributed by atoms with Crippen molar-refractivity contribution >= 4 is 18.0 Å². The average Bonchev–Trinajstić information content (AvgIpc) is 2.46. The fourth-order valence-electron chi connectivity index (χ4n) is 2.05. The number of carbonyl (C=O) groups excluding carboxylic acids is 2. The van der Waals surface area contributed by atoms with Gasteiger partial charge >= 0.3 is 18.0 Å². The van der Waals surface area contributed by atoms with Gasteiger partial charge in [0.05, 0.1) is 6.42 Å². The van der Waals surface area contributed by atoms with Crippen molar-refractivity contribution in [3.05, 3.63) is 35.4 Å². The summed E-state index contributed by atoms with van der Waals surface area (Å²) in [5.41, 5.74) is 1.54. The highest BCUT2D eigenvalue weighted by molar-refractivity contribution is 5.93. The standard InChI is InChI=1S/C14H17N3O4/c18-12(19)8-10-2-4-11(5-3-10)9-16-14(21)17-7-1-6-15-13(17)20/h2-5H,1,6-9H2,(H,15,20)(H,16,21)(H,18,19). The van der Waals surface area contributed by atoms with Gasteiger partial charge in [-0.05, 0) is 17.5 Å². The van der Waals surface area contributed by atoms with Crippen molar-refractivity contribution in [2.75, 3.05) is 13.1 Å². The van der Waals surface area contributed by atoms with E-state index in [0.717, 1.165) is 16.9 Å². The van der Waals surface area contributed by atoms with Crippen LogP contribution in [0.4, 0.5) is 9.59 Å². The lowest BCUT2D eigenvalue weighted by atomic mass is 10.1. The van der Waals surface area contributed by atoms with Gasteiger partial charge in [0, 0.05) is 19.6 Å². The fourth-order valence-corrected chi connectivity index (χ4v) is 2.05. The first-order chi connectivity index (χ1) is 10.1. The predicted octanol–water partition coefficient (Wildman–Crippen LogP) is 0.939. The highest BCUT2D eigenvalue weighted by atomic mass is 16.4. The Morgan fingerprint density at radius 1 is 1.24 bits per heavy atom. The smallest absolute Gasteiger partial charge is 0.325 e. The van der Waals surface area contributed by atoms with E-state index in [1.54, 1.807) is 24.3 Å². The van der Waals surface area contributed by atoms with Crippen LogP contribution in [-0.2, 0) is 17.8 Å². The fraction of sp³-hybridized carbons (Fsp3) is 0.357. The number of rotatable bonds is 4. The lowest BCUT2D eigenvalue weighted by molar-refractivity contribution is -0.136. The SMILES string of the molecule is O=C(O)Cc1ccc(CNC(=O)N2CCCNC2=O)cc1. The van der Waals surface area contributed by atoms with Gasteiger partial charge in [-0.3, -0.25) is 4.79 Å². The summed E-state index contributed by atoms with van der Waals surface area (Å²) in [7, 11) is 0. The van der Waals surface area contributed by atoms with E-state index in [1.807, 2.05) is 0 Å². The minimum Gasteiger partial charge on any atom is -0.481 e. The molecule has 21 heavy (non-hydrogen) atoms. The summed E-state index contributed by atoms with van der Waals surface area (Å²) in [6.45, 7) is 1.29. The van der Waals surface area contributed by atoms with Gasteiger partial charge in [-0.15, -0.1) is 0 Å². The molecule has 7 heteroatoms. The molecular formula is C14H17N3O4. The van der Waals surface area contributed by atoms with E-state index in [-0.39, 0.29) is 19.0 Å². The zero-order chi connectivity index (χ0) is 15.2. The number of imide groups is 1. The molecular weight excluding hydrogens is 274 g/mol. The number of carboxylic acid groups (broad SMARTS) is 1. The lowest BCUT2D eigenvalue weighted by Gasteiger charge is -2.25. The Hall–Kier alpha value is -2.57. The molecule has 1 aliphatic rings. The van der Waals surface area contributed by atoms with Crippen LogP contribution in [0, 0.1) is 0 Å². The third-order valence-corrected chi connectivity index (χ3v) is 3.15. The Balaban J connectivity index is 1.86. The van der Waals surface area contributed by atoms with Crippen LogP contribution in [0.5, 0.6) is 0 Å². The number of urea groups is 2.